The minimum Gasteiger partial charge on any atom is -0.445 e. The quantitative estimate of drug-likeness (QED) is 0.807. The van der Waals surface area contributed by atoms with E-state index in [1.54, 1.807) is 0 Å². The van der Waals surface area contributed by atoms with Gasteiger partial charge in [-0.25, -0.2) is 4.98 Å². The van der Waals surface area contributed by atoms with Crippen LogP contribution < -0.4 is 10.6 Å². The van der Waals surface area contributed by atoms with Crippen molar-refractivity contribution in [2.24, 2.45) is 0 Å². The van der Waals surface area contributed by atoms with E-state index in [1.807, 2.05) is 13.2 Å². The summed E-state index contributed by atoms with van der Waals surface area (Å²) in [6.45, 7) is 4.27. The average Bonchev–Trinajstić information content (AvgIpc) is 2.78. The van der Waals surface area contributed by atoms with Crippen molar-refractivity contribution in [2.75, 3.05) is 20.1 Å². The zero-order valence-electron chi connectivity index (χ0n) is 10.1. The highest BCUT2D eigenvalue weighted by molar-refractivity contribution is 5.02. The summed E-state index contributed by atoms with van der Waals surface area (Å²) in [6, 6.07) is 0.435. The Morgan fingerprint density at radius 1 is 1.69 bits per heavy atom. The van der Waals surface area contributed by atoms with Crippen molar-refractivity contribution < 1.29 is 4.42 Å². The van der Waals surface area contributed by atoms with Crippen molar-refractivity contribution >= 4 is 0 Å². The topological polar surface area (TPSA) is 50.1 Å². The summed E-state index contributed by atoms with van der Waals surface area (Å²) in [5.74, 6) is 2.36. The molecule has 0 radical (unpaired) electrons. The van der Waals surface area contributed by atoms with Crippen LogP contribution in [0.5, 0.6) is 0 Å². The molecule has 1 aromatic rings. The lowest BCUT2D eigenvalue weighted by atomic mass is 10.00. The lowest BCUT2D eigenvalue weighted by Gasteiger charge is -2.19. The normalized spacial score (nSPS) is 23.2. The van der Waals surface area contributed by atoms with Crippen molar-refractivity contribution in [2.45, 2.75) is 38.1 Å². The Labute approximate surface area is 96.8 Å². The number of hydrogen-bond donors (Lipinski definition) is 2. The van der Waals surface area contributed by atoms with E-state index in [9.17, 15) is 0 Å². The van der Waals surface area contributed by atoms with Gasteiger partial charge >= 0.3 is 0 Å². The first-order chi connectivity index (χ1) is 7.79. The summed E-state index contributed by atoms with van der Waals surface area (Å²) in [6.07, 6.45) is 5.19. The third kappa shape index (κ3) is 2.83. The minimum atomic E-state index is 0.435. The number of oxazole rings is 1. The lowest BCUT2D eigenvalue weighted by molar-refractivity contribution is 0.358. The van der Waals surface area contributed by atoms with Crippen LogP contribution in [0.1, 0.15) is 37.3 Å². The van der Waals surface area contributed by atoms with E-state index < -0.39 is 0 Å². The van der Waals surface area contributed by atoms with Gasteiger partial charge in [0.15, 0.2) is 5.89 Å². The molecular formula is C12H21N3O. The third-order valence-corrected chi connectivity index (χ3v) is 3.22. The largest absolute Gasteiger partial charge is 0.445 e. The van der Waals surface area contributed by atoms with E-state index >= 15 is 0 Å². The Morgan fingerprint density at radius 2 is 2.56 bits per heavy atom. The molecule has 4 heteroatoms. The zero-order chi connectivity index (χ0) is 11.4. The van der Waals surface area contributed by atoms with Gasteiger partial charge in [0.05, 0.1) is 6.20 Å². The first-order valence-corrected chi connectivity index (χ1v) is 6.12. The first kappa shape index (κ1) is 11.6. The van der Waals surface area contributed by atoms with Gasteiger partial charge in [-0.15, -0.1) is 0 Å². The van der Waals surface area contributed by atoms with Crippen LogP contribution in [-0.4, -0.2) is 31.2 Å². The second-order valence-electron chi connectivity index (χ2n) is 4.60. The second kappa shape index (κ2) is 5.46. The molecule has 2 atom stereocenters. The summed E-state index contributed by atoms with van der Waals surface area (Å²) in [5, 5.41) is 6.58. The maximum absolute atomic E-state index is 5.80. The molecule has 1 aromatic heterocycles. The average molecular weight is 223 g/mol. The predicted molar refractivity (Wildman–Crippen MR) is 63.6 cm³/mol. The molecule has 0 bridgehead atoms. The molecule has 1 aliphatic heterocycles. The lowest BCUT2D eigenvalue weighted by Crippen LogP contribution is -2.28. The van der Waals surface area contributed by atoms with E-state index in [2.05, 4.69) is 22.5 Å². The summed E-state index contributed by atoms with van der Waals surface area (Å²) in [5.41, 5.74) is 0. The van der Waals surface area contributed by atoms with Crippen LogP contribution in [0.25, 0.3) is 0 Å². The molecule has 0 aliphatic carbocycles. The highest BCUT2D eigenvalue weighted by atomic mass is 16.4. The fourth-order valence-corrected chi connectivity index (χ4v) is 2.07. The molecule has 2 rings (SSSR count). The van der Waals surface area contributed by atoms with Crippen molar-refractivity contribution in [1.29, 1.82) is 0 Å². The Hall–Kier alpha value is -0.870. The van der Waals surface area contributed by atoms with Crippen molar-refractivity contribution in [3.05, 3.63) is 17.8 Å². The number of hydrogen-bond acceptors (Lipinski definition) is 4. The van der Waals surface area contributed by atoms with Crippen LogP contribution in [0.3, 0.4) is 0 Å². The summed E-state index contributed by atoms with van der Waals surface area (Å²) >= 11 is 0. The molecular weight excluding hydrogens is 202 g/mol. The Balaban J connectivity index is 1.95. The van der Waals surface area contributed by atoms with E-state index in [0.29, 0.717) is 12.0 Å². The van der Waals surface area contributed by atoms with Crippen LogP contribution in [0.15, 0.2) is 10.6 Å². The predicted octanol–water partition coefficient (Wildman–Crippen LogP) is 1.29. The molecule has 1 fully saturated rings. The van der Waals surface area contributed by atoms with Gasteiger partial charge in [-0.3, -0.25) is 0 Å². The zero-order valence-corrected chi connectivity index (χ0v) is 10.1. The highest BCUT2D eigenvalue weighted by Gasteiger charge is 2.20. The maximum Gasteiger partial charge on any atom is 0.198 e. The molecule has 2 N–H and O–H groups in total. The fraction of sp³-hybridized carbons (Fsp3) is 0.750. The van der Waals surface area contributed by atoms with Crippen LogP contribution >= 0.6 is 0 Å². The molecule has 1 saturated heterocycles. The Morgan fingerprint density at radius 3 is 3.25 bits per heavy atom. The number of nitrogens with one attached hydrogen (secondary N) is 2. The number of likely N-dealkylation sites (N-methyl/N-ethyl adjacent to an activating group) is 1. The molecule has 4 nitrogen and oxygen atoms in total. The molecule has 0 spiro atoms. The Bertz CT molecular complexity index is 318. The van der Waals surface area contributed by atoms with E-state index in [4.69, 9.17) is 4.42 Å². The van der Waals surface area contributed by atoms with Crippen molar-refractivity contribution in [3.63, 3.8) is 0 Å². The second-order valence-corrected chi connectivity index (χ2v) is 4.60. The maximum atomic E-state index is 5.80. The molecule has 16 heavy (non-hydrogen) atoms. The number of rotatable bonds is 4. The van der Waals surface area contributed by atoms with Gasteiger partial charge in [-0.2, -0.15) is 0 Å². The van der Waals surface area contributed by atoms with Crippen molar-refractivity contribution in [1.82, 2.24) is 15.6 Å². The standard InChI is InChI=1S/C12H21N3O/c1-9(13-2)6-11-8-15-12(16-11)10-4-3-5-14-7-10/h8-10,13-14H,3-7H2,1-2H3. The van der Waals surface area contributed by atoms with Crippen LogP contribution in [0.4, 0.5) is 0 Å². The fourth-order valence-electron chi connectivity index (χ4n) is 2.07. The molecule has 2 unspecified atom stereocenters. The molecule has 0 saturated carbocycles. The van der Waals surface area contributed by atoms with Crippen LogP contribution in [-0.2, 0) is 6.42 Å². The smallest absolute Gasteiger partial charge is 0.198 e. The summed E-state index contributed by atoms with van der Waals surface area (Å²) in [4.78, 5) is 4.39. The molecule has 2 heterocycles. The van der Waals surface area contributed by atoms with Crippen LogP contribution in [0, 0.1) is 0 Å². The van der Waals surface area contributed by atoms with Gasteiger partial charge in [0.2, 0.25) is 0 Å². The van der Waals surface area contributed by atoms with Gasteiger partial charge in [0, 0.05) is 24.9 Å². The Kier molecular flexibility index (Phi) is 3.96. The van der Waals surface area contributed by atoms with E-state index in [0.717, 1.165) is 31.2 Å². The minimum absolute atomic E-state index is 0.435. The van der Waals surface area contributed by atoms with Gasteiger partial charge in [0.25, 0.3) is 0 Å². The number of nitrogens with zero attached hydrogens (tertiary/aromatic N) is 1. The van der Waals surface area contributed by atoms with Crippen LogP contribution in [0.2, 0.25) is 0 Å². The number of piperidine rings is 1. The third-order valence-electron chi connectivity index (χ3n) is 3.22. The summed E-state index contributed by atoms with van der Waals surface area (Å²) < 4.78 is 5.80. The van der Waals surface area contributed by atoms with E-state index in [-0.39, 0.29) is 0 Å². The molecule has 0 aromatic carbocycles. The van der Waals surface area contributed by atoms with Gasteiger partial charge < -0.3 is 15.1 Å². The molecule has 0 amide bonds. The highest BCUT2D eigenvalue weighted by Crippen LogP contribution is 2.23. The van der Waals surface area contributed by atoms with Gasteiger partial charge in [-0.05, 0) is 33.4 Å². The number of aromatic nitrogens is 1. The SMILES string of the molecule is CNC(C)Cc1cnc(C2CCCNC2)o1. The van der Waals surface area contributed by atoms with Crippen molar-refractivity contribution in [3.8, 4) is 0 Å². The monoisotopic (exact) mass is 223 g/mol. The first-order valence-electron chi connectivity index (χ1n) is 6.12. The molecule has 1 aliphatic rings. The summed E-state index contributed by atoms with van der Waals surface area (Å²) in [7, 11) is 1.97. The van der Waals surface area contributed by atoms with Gasteiger partial charge in [0.1, 0.15) is 5.76 Å². The van der Waals surface area contributed by atoms with E-state index in [1.165, 1.54) is 12.8 Å². The van der Waals surface area contributed by atoms with Gasteiger partial charge in [-0.1, -0.05) is 0 Å². The molecule has 90 valence electrons.